The van der Waals surface area contributed by atoms with E-state index >= 15 is 0 Å². The molecule has 0 unspecified atom stereocenters. The standard InChI is InChI=1S/C14H14N2O/c1-11(17)16-14-5-3-2-4-13(14)10-12-6-8-15-9-7-12/h2-9H,10H2,1H3,(H,16,17). The number of carbonyl (C=O) groups excluding carboxylic acids is 1. The van der Waals surface area contributed by atoms with Crippen LogP contribution in [0.1, 0.15) is 18.1 Å². The van der Waals surface area contributed by atoms with Gasteiger partial charge in [0.15, 0.2) is 0 Å². The van der Waals surface area contributed by atoms with E-state index in [0.717, 1.165) is 17.7 Å². The maximum Gasteiger partial charge on any atom is 0.221 e. The van der Waals surface area contributed by atoms with Crippen molar-refractivity contribution in [3.05, 3.63) is 59.9 Å². The Labute approximate surface area is 101 Å². The first-order valence-electron chi connectivity index (χ1n) is 5.50. The summed E-state index contributed by atoms with van der Waals surface area (Å²) in [6.07, 6.45) is 4.34. The lowest BCUT2D eigenvalue weighted by molar-refractivity contribution is -0.114. The summed E-state index contributed by atoms with van der Waals surface area (Å²) >= 11 is 0. The van der Waals surface area contributed by atoms with Crippen LogP contribution in [0.4, 0.5) is 5.69 Å². The number of aromatic nitrogens is 1. The van der Waals surface area contributed by atoms with E-state index < -0.39 is 0 Å². The van der Waals surface area contributed by atoms with Crippen LogP contribution in [0.3, 0.4) is 0 Å². The molecule has 1 N–H and O–H groups in total. The second-order valence-electron chi connectivity index (χ2n) is 3.87. The van der Waals surface area contributed by atoms with E-state index in [9.17, 15) is 4.79 Å². The van der Waals surface area contributed by atoms with Crippen LogP contribution in [0.25, 0.3) is 0 Å². The van der Waals surface area contributed by atoms with Gasteiger partial charge in [0.1, 0.15) is 0 Å². The third kappa shape index (κ3) is 3.14. The van der Waals surface area contributed by atoms with Crippen molar-refractivity contribution >= 4 is 11.6 Å². The molecule has 2 aromatic rings. The van der Waals surface area contributed by atoms with Crippen LogP contribution < -0.4 is 5.32 Å². The van der Waals surface area contributed by atoms with E-state index in [2.05, 4.69) is 10.3 Å². The van der Waals surface area contributed by atoms with Crippen LogP contribution in [0.5, 0.6) is 0 Å². The molecule has 0 saturated heterocycles. The number of carbonyl (C=O) groups is 1. The summed E-state index contributed by atoms with van der Waals surface area (Å²) in [7, 11) is 0. The van der Waals surface area contributed by atoms with Crippen molar-refractivity contribution in [3.8, 4) is 0 Å². The Morgan fingerprint density at radius 3 is 2.59 bits per heavy atom. The second-order valence-corrected chi connectivity index (χ2v) is 3.87. The lowest BCUT2D eigenvalue weighted by Gasteiger charge is -2.09. The zero-order valence-corrected chi connectivity index (χ0v) is 9.68. The molecule has 0 aliphatic rings. The molecule has 1 heterocycles. The number of hydrogen-bond acceptors (Lipinski definition) is 2. The van der Waals surface area contributed by atoms with Gasteiger partial charge in [0.2, 0.25) is 5.91 Å². The SMILES string of the molecule is CC(=O)Nc1ccccc1Cc1ccncc1. The minimum absolute atomic E-state index is 0.0489. The van der Waals surface area contributed by atoms with Gasteiger partial charge in [-0.3, -0.25) is 9.78 Å². The van der Waals surface area contributed by atoms with Gasteiger partial charge in [-0.05, 0) is 35.7 Å². The number of amides is 1. The molecule has 2 rings (SSSR count). The first-order chi connectivity index (χ1) is 8.25. The molecule has 1 amide bonds. The molecule has 0 atom stereocenters. The smallest absolute Gasteiger partial charge is 0.221 e. The summed E-state index contributed by atoms with van der Waals surface area (Å²) in [6.45, 7) is 1.52. The molecular weight excluding hydrogens is 212 g/mol. The number of nitrogens with zero attached hydrogens (tertiary/aromatic N) is 1. The highest BCUT2D eigenvalue weighted by Gasteiger charge is 2.03. The predicted octanol–water partition coefficient (Wildman–Crippen LogP) is 2.63. The Morgan fingerprint density at radius 2 is 1.88 bits per heavy atom. The Hall–Kier alpha value is -2.16. The molecule has 0 radical (unpaired) electrons. The number of pyridine rings is 1. The van der Waals surface area contributed by atoms with Crippen molar-refractivity contribution < 1.29 is 4.79 Å². The van der Waals surface area contributed by atoms with Crippen LogP contribution in [0, 0.1) is 0 Å². The lowest BCUT2D eigenvalue weighted by Crippen LogP contribution is -2.08. The highest BCUT2D eigenvalue weighted by Crippen LogP contribution is 2.18. The van der Waals surface area contributed by atoms with E-state index in [4.69, 9.17) is 0 Å². The van der Waals surface area contributed by atoms with E-state index in [1.54, 1.807) is 12.4 Å². The van der Waals surface area contributed by atoms with Crippen LogP contribution in [-0.4, -0.2) is 10.9 Å². The topological polar surface area (TPSA) is 42.0 Å². The average molecular weight is 226 g/mol. The second kappa shape index (κ2) is 5.25. The Kier molecular flexibility index (Phi) is 3.50. The van der Waals surface area contributed by atoms with Crippen LogP contribution in [0.15, 0.2) is 48.8 Å². The fraction of sp³-hybridized carbons (Fsp3) is 0.143. The van der Waals surface area contributed by atoms with Gasteiger partial charge in [0, 0.05) is 25.0 Å². The summed E-state index contributed by atoms with van der Waals surface area (Å²) in [5.41, 5.74) is 3.16. The van der Waals surface area contributed by atoms with E-state index in [1.165, 1.54) is 12.5 Å². The first kappa shape index (κ1) is 11.3. The Balaban J connectivity index is 2.23. The summed E-state index contributed by atoms with van der Waals surface area (Å²) in [5.74, 6) is -0.0489. The highest BCUT2D eigenvalue weighted by molar-refractivity contribution is 5.89. The molecule has 0 aliphatic carbocycles. The Morgan fingerprint density at radius 1 is 1.18 bits per heavy atom. The molecule has 0 bridgehead atoms. The highest BCUT2D eigenvalue weighted by atomic mass is 16.1. The largest absolute Gasteiger partial charge is 0.326 e. The molecule has 0 fully saturated rings. The van der Waals surface area contributed by atoms with E-state index in [1.807, 2.05) is 36.4 Å². The monoisotopic (exact) mass is 226 g/mol. The zero-order valence-electron chi connectivity index (χ0n) is 9.68. The van der Waals surface area contributed by atoms with Crippen molar-refractivity contribution in [3.63, 3.8) is 0 Å². The molecule has 1 aromatic carbocycles. The van der Waals surface area contributed by atoms with Crippen molar-refractivity contribution in [2.75, 3.05) is 5.32 Å². The fourth-order valence-electron chi connectivity index (χ4n) is 1.71. The summed E-state index contributed by atoms with van der Waals surface area (Å²) in [4.78, 5) is 15.1. The number of rotatable bonds is 3. The molecule has 0 saturated carbocycles. The maximum absolute atomic E-state index is 11.1. The fourth-order valence-corrected chi connectivity index (χ4v) is 1.71. The number of benzene rings is 1. The Bertz CT molecular complexity index is 509. The maximum atomic E-state index is 11.1. The third-order valence-electron chi connectivity index (χ3n) is 2.47. The van der Waals surface area contributed by atoms with Crippen molar-refractivity contribution in [2.24, 2.45) is 0 Å². The van der Waals surface area contributed by atoms with Crippen molar-refractivity contribution in [1.29, 1.82) is 0 Å². The van der Waals surface area contributed by atoms with Gasteiger partial charge in [0.25, 0.3) is 0 Å². The molecular formula is C14H14N2O. The number of para-hydroxylation sites is 1. The van der Waals surface area contributed by atoms with E-state index in [0.29, 0.717) is 0 Å². The van der Waals surface area contributed by atoms with Gasteiger partial charge in [-0.2, -0.15) is 0 Å². The van der Waals surface area contributed by atoms with Crippen molar-refractivity contribution in [1.82, 2.24) is 4.98 Å². The summed E-state index contributed by atoms with van der Waals surface area (Å²) in [5, 5.41) is 2.84. The molecule has 17 heavy (non-hydrogen) atoms. The molecule has 86 valence electrons. The minimum atomic E-state index is -0.0489. The summed E-state index contributed by atoms with van der Waals surface area (Å²) in [6, 6.07) is 11.8. The molecule has 1 aromatic heterocycles. The van der Waals surface area contributed by atoms with Crippen LogP contribution in [0.2, 0.25) is 0 Å². The quantitative estimate of drug-likeness (QED) is 0.874. The number of hydrogen-bond donors (Lipinski definition) is 1. The molecule has 0 spiro atoms. The van der Waals surface area contributed by atoms with Gasteiger partial charge in [-0.15, -0.1) is 0 Å². The van der Waals surface area contributed by atoms with Crippen LogP contribution >= 0.6 is 0 Å². The van der Waals surface area contributed by atoms with Crippen molar-refractivity contribution in [2.45, 2.75) is 13.3 Å². The van der Waals surface area contributed by atoms with Gasteiger partial charge >= 0.3 is 0 Å². The summed E-state index contributed by atoms with van der Waals surface area (Å²) < 4.78 is 0. The average Bonchev–Trinajstić information content (AvgIpc) is 2.32. The normalized spacial score (nSPS) is 9.94. The van der Waals surface area contributed by atoms with E-state index in [-0.39, 0.29) is 5.91 Å². The van der Waals surface area contributed by atoms with Gasteiger partial charge < -0.3 is 5.32 Å². The number of nitrogens with one attached hydrogen (secondary N) is 1. The zero-order chi connectivity index (χ0) is 12.1. The minimum Gasteiger partial charge on any atom is -0.326 e. The van der Waals surface area contributed by atoms with Gasteiger partial charge in [-0.25, -0.2) is 0 Å². The molecule has 0 aliphatic heterocycles. The van der Waals surface area contributed by atoms with Gasteiger partial charge in [-0.1, -0.05) is 18.2 Å². The third-order valence-corrected chi connectivity index (χ3v) is 2.47. The lowest BCUT2D eigenvalue weighted by atomic mass is 10.0. The molecule has 3 nitrogen and oxygen atoms in total. The van der Waals surface area contributed by atoms with Crippen LogP contribution in [-0.2, 0) is 11.2 Å². The van der Waals surface area contributed by atoms with Gasteiger partial charge in [0.05, 0.1) is 0 Å². The molecule has 3 heteroatoms. The number of anilines is 1. The first-order valence-corrected chi connectivity index (χ1v) is 5.50. The predicted molar refractivity (Wildman–Crippen MR) is 67.8 cm³/mol.